The fourth-order valence-corrected chi connectivity index (χ4v) is 4.07. The van der Waals surface area contributed by atoms with Gasteiger partial charge >= 0.3 is 0 Å². The summed E-state index contributed by atoms with van der Waals surface area (Å²) in [7, 11) is 2.16. The van der Waals surface area contributed by atoms with Gasteiger partial charge in [-0.2, -0.15) is 4.31 Å². The molecule has 0 radical (unpaired) electrons. The van der Waals surface area contributed by atoms with Crippen LogP contribution in [0.1, 0.15) is 24.9 Å². The van der Waals surface area contributed by atoms with Crippen LogP contribution in [0.3, 0.4) is 0 Å². The third-order valence-corrected chi connectivity index (χ3v) is 6.50. The molecule has 2 aromatic rings. The van der Waals surface area contributed by atoms with Gasteiger partial charge in [-0.3, -0.25) is 4.79 Å². The number of sulfonamides is 1. The monoisotopic (exact) mass is 436 g/mol. The minimum Gasteiger partial charge on any atom is -0.497 e. The Labute approximate surface area is 177 Å². The van der Waals surface area contributed by atoms with E-state index in [1.165, 1.54) is 26.3 Å². The normalized spacial score (nSPS) is 12.3. The number of hydrogen-bond donors (Lipinski definition) is 1. The number of rotatable bonds is 10. The maximum absolute atomic E-state index is 12.7. The van der Waals surface area contributed by atoms with E-state index in [4.69, 9.17) is 14.2 Å². The van der Waals surface area contributed by atoms with E-state index in [1.54, 1.807) is 38.5 Å². The number of hydrogen-bond acceptors (Lipinski definition) is 6. The van der Waals surface area contributed by atoms with Gasteiger partial charge in [-0.05, 0) is 48.4 Å². The molecule has 0 aromatic heterocycles. The number of amides is 1. The summed E-state index contributed by atoms with van der Waals surface area (Å²) in [6.45, 7) is 1.62. The van der Waals surface area contributed by atoms with E-state index in [-0.39, 0.29) is 17.5 Å². The number of nitrogens with zero attached hydrogens (tertiary/aromatic N) is 1. The highest BCUT2D eigenvalue weighted by Crippen LogP contribution is 2.30. The average molecular weight is 437 g/mol. The van der Waals surface area contributed by atoms with Gasteiger partial charge in [0, 0.05) is 7.05 Å². The Morgan fingerprint density at radius 2 is 1.63 bits per heavy atom. The first-order valence-corrected chi connectivity index (χ1v) is 10.8. The highest BCUT2D eigenvalue weighted by Gasteiger charge is 2.24. The van der Waals surface area contributed by atoms with Gasteiger partial charge in [-0.15, -0.1) is 0 Å². The van der Waals surface area contributed by atoms with Crippen LogP contribution in [0.25, 0.3) is 0 Å². The third kappa shape index (κ3) is 5.43. The number of carbonyl (C=O) groups excluding carboxylic acids is 1. The summed E-state index contributed by atoms with van der Waals surface area (Å²) in [6.07, 6.45) is 0.621. The van der Waals surface area contributed by atoms with Gasteiger partial charge in [0.1, 0.15) is 5.75 Å². The zero-order valence-corrected chi connectivity index (χ0v) is 18.7. The molecule has 9 heteroatoms. The zero-order chi connectivity index (χ0) is 22.3. The molecule has 164 valence electrons. The number of carbonyl (C=O) groups is 1. The quantitative estimate of drug-likeness (QED) is 0.615. The van der Waals surface area contributed by atoms with E-state index in [0.717, 1.165) is 9.87 Å². The predicted octanol–water partition coefficient (Wildman–Crippen LogP) is 2.60. The van der Waals surface area contributed by atoms with Crippen LogP contribution in [0.15, 0.2) is 47.4 Å². The molecule has 30 heavy (non-hydrogen) atoms. The molecule has 1 unspecified atom stereocenters. The van der Waals surface area contributed by atoms with Crippen molar-refractivity contribution in [1.82, 2.24) is 9.62 Å². The second-order valence-electron chi connectivity index (χ2n) is 6.58. The van der Waals surface area contributed by atoms with Gasteiger partial charge in [0.05, 0.1) is 38.8 Å². The van der Waals surface area contributed by atoms with Crippen molar-refractivity contribution in [2.45, 2.75) is 24.3 Å². The minimum absolute atomic E-state index is 0.0885. The summed E-state index contributed by atoms with van der Waals surface area (Å²) in [6, 6.07) is 11.1. The standard InChI is InChI=1S/C21H28N2O6S/c1-6-18(15-7-12-19(28-4)20(13-15)29-5)22-21(24)14-23(2)30(25,26)17-10-8-16(27-3)9-11-17/h7-13,18H,6,14H2,1-5H3,(H,22,24). The van der Waals surface area contributed by atoms with Crippen LogP contribution < -0.4 is 19.5 Å². The van der Waals surface area contributed by atoms with E-state index in [1.807, 2.05) is 13.0 Å². The molecular weight excluding hydrogens is 408 g/mol. The van der Waals surface area contributed by atoms with Crippen molar-refractivity contribution < 1.29 is 27.4 Å². The Kier molecular flexibility index (Phi) is 8.08. The molecule has 0 fully saturated rings. The topological polar surface area (TPSA) is 94.2 Å². The largest absolute Gasteiger partial charge is 0.497 e. The van der Waals surface area contributed by atoms with Gasteiger partial charge in [0.25, 0.3) is 0 Å². The van der Waals surface area contributed by atoms with Crippen molar-refractivity contribution in [3.05, 3.63) is 48.0 Å². The Hall–Kier alpha value is -2.78. The summed E-state index contributed by atoms with van der Waals surface area (Å²) in [5.41, 5.74) is 0.837. The molecule has 1 N–H and O–H groups in total. The van der Waals surface area contributed by atoms with Crippen LogP contribution in [0.4, 0.5) is 0 Å². The molecule has 8 nitrogen and oxygen atoms in total. The summed E-state index contributed by atoms with van der Waals surface area (Å²) >= 11 is 0. The first-order chi connectivity index (χ1) is 14.3. The molecule has 1 atom stereocenters. The lowest BCUT2D eigenvalue weighted by atomic mass is 10.0. The molecule has 2 rings (SSSR count). The summed E-state index contributed by atoms with van der Waals surface area (Å²) in [5, 5.41) is 2.88. The lowest BCUT2D eigenvalue weighted by Gasteiger charge is -2.22. The molecular formula is C21H28N2O6S. The lowest BCUT2D eigenvalue weighted by Crippen LogP contribution is -2.39. The van der Waals surface area contributed by atoms with E-state index < -0.39 is 15.9 Å². The van der Waals surface area contributed by atoms with E-state index >= 15 is 0 Å². The van der Waals surface area contributed by atoms with Crippen molar-refractivity contribution in [3.8, 4) is 17.2 Å². The van der Waals surface area contributed by atoms with Gasteiger partial charge in [-0.25, -0.2) is 8.42 Å². The molecule has 0 spiro atoms. The van der Waals surface area contributed by atoms with E-state index in [9.17, 15) is 13.2 Å². The molecule has 2 aromatic carbocycles. The van der Waals surface area contributed by atoms with Gasteiger partial charge in [0.15, 0.2) is 11.5 Å². The third-order valence-electron chi connectivity index (χ3n) is 4.69. The molecule has 0 aliphatic heterocycles. The van der Waals surface area contributed by atoms with Gasteiger partial charge in [0.2, 0.25) is 15.9 Å². The summed E-state index contributed by atoms with van der Waals surface area (Å²) < 4.78 is 42.1. The SMILES string of the molecule is CCC(NC(=O)CN(C)S(=O)(=O)c1ccc(OC)cc1)c1ccc(OC)c(OC)c1. The maximum atomic E-state index is 12.7. The van der Waals surface area contributed by atoms with Crippen LogP contribution in [0.5, 0.6) is 17.2 Å². The number of benzene rings is 2. The van der Waals surface area contributed by atoms with Crippen molar-refractivity contribution in [2.75, 3.05) is 34.9 Å². The second kappa shape index (κ2) is 10.3. The highest BCUT2D eigenvalue weighted by molar-refractivity contribution is 7.89. The van der Waals surface area contributed by atoms with Crippen molar-refractivity contribution in [1.29, 1.82) is 0 Å². The van der Waals surface area contributed by atoms with Crippen LogP contribution >= 0.6 is 0 Å². The second-order valence-corrected chi connectivity index (χ2v) is 8.62. The first kappa shape index (κ1) is 23.5. The molecule has 0 aliphatic rings. The molecule has 0 saturated heterocycles. The minimum atomic E-state index is -3.81. The van der Waals surface area contributed by atoms with Gasteiger partial charge < -0.3 is 19.5 Å². The molecule has 1 amide bonds. The molecule has 0 saturated carbocycles. The summed E-state index contributed by atoms with van der Waals surface area (Å²) in [4.78, 5) is 12.6. The Bertz CT molecular complexity index is 960. The fraction of sp³-hybridized carbons (Fsp3) is 0.381. The molecule has 0 aliphatic carbocycles. The van der Waals surface area contributed by atoms with E-state index in [0.29, 0.717) is 23.7 Å². The average Bonchev–Trinajstić information content (AvgIpc) is 2.76. The zero-order valence-electron chi connectivity index (χ0n) is 17.8. The Morgan fingerprint density at radius 3 is 2.17 bits per heavy atom. The predicted molar refractivity (Wildman–Crippen MR) is 114 cm³/mol. The van der Waals surface area contributed by atoms with Crippen molar-refractivity contribution in [3.63, 3.8) is 0 Å². The molecule has 0 bridgehead atoms. The van der Waals surface area contributed by atoms with E-state index in [2.05, 4.69) is 5.32 Å². The first-order valence-electron chi connectivity index (χ1n) is 9.38. The number of ether oxygens (including phenoxy) is 3. The van der Waals surface area contributed by atoms with Crippen LogP contribution in [-0.2, 0) is 14.8 Å². The lowest BCUT2D eigenvalue weighted by molar-refractivity contribution is -0.121. The van der Waals surface area contributed by atoms with Crippen LogP contribution in [0.2, 0.25) is 0 Å². The van der Waals surface area contributed by atoms with Crippen LogP contribution in [-0.4, -0.2) is 53.6 Å². The Morgan fingerprint density at radius 1 is 1.00 bits per heavy atom. The highest BCUT2D eigenvalue weighted by atomic mass is 32.2. The van der Waals surface area contributed by atoms with Gasteiger partial charge in [-0.1, -0.05) is 13.0 Å². The maximum Gasteiger partial charge on any atom is 0.243 e. The summed E-state index contributed by atoms with van der Waals surface area (Å²) in [5.74, 6) is 1.29. The van der Waals surface area contributed by atoms with Crippen molar-refractivity contribution in [2.24, 2.45) is 0 Å². The van der Waals surface area contributed by atoms with Crippen LogP contribution in [0, 0.1) is 0 Å². The van der Waals surface area contributed by atoms with Crippen molar-refractivity contribution >= 4 is 15.9 Å². The number of methoxy groups -OCH3 is 3. The smallest absolute Gasteiger partial charge is 0.243 e. The molecule has 0 heterocycles. The fourth-order valence-electron chi connectivity index (χ4n) is 2.95. The Balaban J connectivity index is 2.10. The number of likely N-dealkylation sites (N-methyl/N-ethyl adjacent to an activating group) is 1. The number of nitrogens with one attached hydrogen (secondary N) is 1.